The van der Waals surface area contributed by atoms with Crippen molar-refractivity contribution in [3.8, 4) is 0 Å². The molecular weight excluding hydrogens is 232 g/mol. The van der Waals surface area contributed by atoms with Crippen molar-refractivity contribution in [1.82, 2.24) is 0 Å². The number of hydrogen-bond acceptors (Lipinski definition) is 3. The predicted molar refractivity (Wildman–Crippen MR) is 76.5 cm³/mol. The van der Waals surface area contributed by atoms with Crippen LogP contribution in [0.3, 0.4) is 0 Å². The number of rotatable bonds is 6. The van der Waals surface area contributed by atoms with Gasteiger partial charge >= 0.3 is 0 Å². The summed E-state index contributed by atoms with van der Waals surface area (Å²) in [6.45, 7) is 5.02. The predicted octanol–water partition coefficient (Wildman–Crippen LogP) is 2.40. The van der Waals surface area contributed by atoms with Crippen LogP contribution in [0.4, 0.5) is 5.69 Å². The molecule has 0 heterocycles. The van der Waals surface area contributed by atoms with Crippen LogP contribution >= 0.6 is 12.2 Å². The van der Waals surface area contributed by atoms with Crippen LogP contribution in [0, 0.1) is 5.92 Å². The zero-order valence-electron chi connectivity index (χ0n) is 10.6. The molecule has 3 N–H and O–H groups in total. The largest absolute Gasteiger partial charge is 0.389 e. The smallest absolute Gasteiger partial charge is 0.103 e. The second-order valence-electron chi connectivity index (χ2n) is 4.39. The number of methoxy groups -OCH3 is 1. The molecule has 0 aliphatic heterocycles. The third kappa shape index (κ3) is 4.32. The molecule has 0 bridgehead atoms. The minimum Gasteiger partial charge on any atom is -0.389 e. The van der Waals surface area contributed by atoms with Gasteiger partial charge in [-0.2, -0.15) is 0 Å². The summed E-state index contributed by atoms with van der Waals surface area (Å²) in [4.78, 5) is 0.425. The van der Waals surface area contributed by atoms with E-state index in [1.54, 1.807) is 7.11 Å². The minimum absolute atomic E-state index is 0.302. The molecule has 4 heteroatoms. The van der Waals surface area contributed by atoms with E-state index in [0.717, 1.165) is 11.3 Å². The third-order valence-electron chi connectivity index (χ3n) is 2.67. The maximum Gasteiger partial charge on any atom is 0.103 e. The van der Waals surface area contributed by atoms with Gasteiger partial charge in [0.15, 0.2) is 0 Å². The highest BCUT2D eigenvalue weighted by molar-refractivity contribution is 7.80. The van der Waals surface area contributed by atoms with Crippen LogP contribution in [0.25, 0.3) is 0 Å². The van der Waals surface area contributed by atoms with Gasteiger partial charge in [-0.15, -0.1) is 0 Å². The van der Waals surface area contributed by atoms with Crippen LogP contribution in [0.15, 0.2) is 24.3 Å². The van der Waals surface area contributed by atoms with E-state index in [1.165, 1.54) is 0 Å². The lowest BCUT2D eigenvalue weighted by Gasteiger charge is -2.22. The Labute approximate surface area is 108 Å². The number of thiocarbonyl (C=S) groups is 1. The molecule has 0 fully saturated rings. The summed E-state index contributed by atoms with van der Waals surface area (Å²) in [7, 11) is 1.72. The fourth-order valence-corrected chi connectivity index (χ4v) is 1.66. The maximum atomic E-state index is 5.55. The SMILES string of the molecule is COCC(Nc1ccc(C(N)=S)cc1)C(C)C. The number of nitrogens with one attached hydrogen (secondary N) is 1. The van der Waals surface area contributed by atoms with Gasteiger partial charge in [0, 0.05) is 18.4 Å². The Balaban J connectivity index is 2.69. The van der Waals surface area contributed by atoms with Crippen LogP contribution in [0.1, 0.15) is 19.4 Å². The molecule has 1 aromatic rings. The average molecular weight is 252 g/mol. The second-order valence-corrected chi connectivity index (χ2v) is 4.83. The lowest BCUT2D eigenvalue weighted by molar-refractivity contribution is 0.171. The lowest BCUT2D eigenvalue weighted by atomic mass is 10.0. The molecule has 1 unspecified atom stereocenters. The summed E-state index contributed by atoms with van der Waals surface area (Å²) in [5.41, 5.74) is 7.50. The highest BCUT2D eigenvalue weighted by Gasteiger charge is 2.12. The van der Waals surface area contributed by atoms with Crippen molar-refractivity contribution in [3.05, 3.63) is 29.8 Å². The molecule has 0 saturated carbocycles. The number of ether oxygens (including phenoxy) is 1. The van der Waals surface area contributed by atoms with Gasteiger partial charge in [-0.3, -0.25) is 0 Å². The molecule has 0 aromatic heterocycles. The van der Waals surface area contributed by atoms with E-state index in [-0.39, 0.29) is 0 Å². The van der Waals surface area contributed by atoms with Gasteiger partial charge in [-0.1, -0.05) is 26.1 Å². The highest BCUT2D eigenvalue weighted by atomic mass is 32.1. The maximum absolute atomic E-state index is 5.55. The molecule has 1 rings (SSSR count). The Bertz CT molecular complexity index is 362. The van der Waals surface area contributed by atoms with Crippen molar-refractivity contribution in [1.29, 1.82) is 0 Å². The molecule has 0 saturated heterocycles. The molecule has 17 heavy (non-hydrogen) atoms. The van der Waals surface area contributed by atoms with Crippen molar-refractivity contribution < 1.29 is 4.74 Å². The zero-order valence-corrected chi connectivity index (χ0v) is 11.4. The van der Waals surface area contributed by atoms with Crippen LogP contribution in [0.5, 0.6) is 0 Å². The zero-order chi connectivity index (χ0) is 12.8. The molecule has 1 aromatic carbocycles. The Morgan fingerprint density at radius 2 is 1.94 bits per heavy atom. The Morgan fingerprint density at radius 1 is 1.35 bits per heavy atom. The molecule has 0 spiro atoms. The molecule has 3 nitrogen and oxygen atoms in total. The van der Waals surface area contributed by atoms with E-state index in [0.29, 0.717) is 23.6 Å². The summed E-state index contributed by atoms with van der Waals surface area (Å²) in [6.07, 6.45) is 0. The Kier molecular flexibility index (Phi) is 5.38. The summed E-state index contributed by atoms with van der Waals surface area (Å²) in [5, 5.41) is 3.44. The number of benzene rings is 1. The second kappa shape index (κ2) is 6.57. The summed E-state index contributed by atoms with van der Waals surface area (Å²) in [5.74, 6) is 0.505. The first-order valence-corrected chi connectivity index (χ1v) is 6.10. The highest BCUT2D eigenvalue weighted by Crippen LogP contribution is 2.14. The summed E-state index contributed by atoms with van der Waals surface area (Å²) in [6, 6.07) is 8.12. The van der Waals surface area contributed by atoms with Crippen molar-refractivity contribution in [3.63, 3.8) is 0 Å². The van der Waals surface area contributed by atoms with Gasteiger partial charge in [0.2, 0.25) is 0 Å². The van der Waals surface area contributed by atoms with E-state index < -0.39 is 0 Å². The molecule has 0 radical (unpaired) electrons. The summed E-state index contributed by atoms with van der Waals surface area (Å²) < 4.78 is 5.20. The van der Waals surface area contributed by atoms with Gasteiger partial charge in [-0.05, 0) is 30.2 Å². The first-order valence-electron chi connectivity index (χ1n) is 5.70. The fraction of sp³-hybridized carbons (Fsp3) is 0.462. The standard InChI is InChI=1S/C13H20N2OS/c1-9(2)12(8-16-3)15-11-6-4-10(5-7-11)13(14)17/h4-7,9,12,15H,8H2,1-3H3,(H2,14,17). The van der Waals surface area contributed by atoms with Gasteiger partial charge in [0.05, 0.1) is 12.6 Å². The van der Waals surface area contributed by atoms with Gasteiger partial charge in [0.1, 0.15) is 4.99 Å². The first kappa shape index (κ1) is 13.9. The first-order chi connectivity index (χ1) is 8.04. The van der Waals surface area contributed by atoms with E-state index in [9.17, 15) is 0 Å². The lowest BCUT2D eigenvalue weighted by Crippen LogP contribution is -2.30. The molecule has 0 amide bonds. The van der Waals surface area contributed by atoms with E-state index in [4.69, 9.17) is 22.7 Å². The monoisotopic (exact) mass is 252 g/mol. The van der Waals surface area contributed by atoms with E-state index in [1.807, 2.05) is 24.3 Å². The van der Waals surface area contributed by atoms with Crippen LogP contribution < -0.4 is 11.1 Å². The Hall–Kier alpha value is -1.13. The van der Waals surface area contributed by atoms with Crippen molar-refractivity contribution in [2.45, 2.75) is 19.9 Å². The number of nitrogens with two attached hydrogens (primary N) is 1. The third-order valence-corrected chi connectivity index (χ3v) is 2.91. The number of hydrogen-bond donors (Lipinski definition) is 2. The van der Waals surface area contributed by atoms with Crippen LogP contribution in [-0.2, 0) is 4.74 Å². The minimum atomic E-state index is 0.302. The normalized spacial score (nSPS) is 12.5. The van der Waals surface area contributed by atoms with Gasteiger partial charge in [0.25, 0.3) is 0 Å². The van der Waals surface area contributed by atoms with E-state index in [2.05, 4.69) is 19.2 Å². The van der Waals surface area contributed by atoms with Crippen molar-refractivity contribution in [2.75, 3.05) is 19.0 Å². The molecule has 0 aliphatic rings. The topological polar surface area (TPSA) is 47.3 Å². The molecular formula is C13H20N2OS. The number of anilines is 1. The molecule has 1 atom stereocenters. The van der Waals surface area contributed by atoms with Crippen LogP contribution in [-0.4, -0.2) is 24.7 Å². The Morgan fingerprint density at radius 3 is 2.35 bits per heavy atom. The van der Waals surface area contributed by atoms with Gasteiger partial charge in [-0.25, -0.2) is 0 Å². The van der Waals surface area contributed by atoms with Gasteiger partial charge < -0.3 is 15.8 Å². The average Bonchev–Trinajstić information content (AvgIpc) is 2.29. The van der Waals surface area contributed by atoms with Crippen molar-refractivity contribution in [2.24, 2.45) is 11.7 Å². The van der Waals surface area contributed by atoms with Crippen molar-refractivity contribution >= 4 is 22.9 Å². The fourth-order valence-electron chi connectivity index (χ4n) is 1.53. The quantitative estimate of drug-likeness (QED) is 0.763. The molecule has 0 aliphatic carbocycles. The molecule has 94 valence electrons. The summed E-state index contributed by atoms with van der Waals surface area (Å²) >= 11 is 4.91. The van der Waals surface area contributed by atoms with E-state index >= 15 is 0 Å². The van der Waals surface area contributed by atoms with Crippen LogP contribution in [0.2, 0.25) is 0 Å².